The van der Waals surface area contributed by atoms with Gasteiger partial charge in [-0.2, -0.15) is 0 Å². The standard InChI is InChI=1S/C10H21NO2S/c1-9-4-6-10(7-5-9)8-14(12,13)11(2)3/h9-10H,4-8H2,1-3H3/t9-,10-. The molecule has 14 heavy (non-hydrogen) atoms. The fourth-order valence-corrected chi connectivity index (χ4v) is 3.17. The van der Waals surface area contributed by atoms with Crippen LogP contribution < -0.4 is 0 Å². The van der Waals surface area contributed by atoms with Gasteiger partial charge >= 0.3 is 0 Å². The fraction of sp³-hybridized carbons (Fsp3) is 1.00. The van der Waals surface area contributed by atoms with Crippen molar-refractivity contribution in [2.75, 3.05) is 19.8 Å². The van der Waals surface area contributed by atoms with Gasteiger partial charge in [-0.15, -0.1) is 0 Å². The Morgan fingerprint density at radius 1 is 1.14 bits per heavy atom. The second kappa shape index (κ2) is 4.62. The molecule has 0 aliphatic heterocycles. The molecule has 1 fully saturated rings. The van der Waals surface area contributed by atoms with Crippen molar-refractivity contribution < 1.29 is 8.42 Å². The molecule has 0 atom stereocenters. The molecule has 0 aromatic rings. The highest BCUT2D eigenvalue weighted by atomic mass is 32.2. The van der Waals surface area contributed by atoms with Crippen LogP contribution >= 0.6 is 0 Å². The summed E-state index contributed by atoms with van der Waals surface area (Å²) in [4.78, 5) is 0. The predicted molar refractivity (Wildman–Crippen MR) is 58.6 cm³/mol. The van der Waals surface area contributed by atoms with E-state index in [0.29, 0.717) is 11.7 Å². The summed E-state index contributed by atoms with van der Waals surface area (Å²) >= 11 is 0. The van der Waals surface area contributed by atoms with Crippen LogP contribution in [0, 0.1) is 11.8 Å². The molecule has 0 aromatic heterocycles. The third-order valence-electron chi connectivity index (χ3n) is 3.14. The summed E-state index contributed by atoms with van der Waals surface area (Å²) in [5.41, 5.74) is 0. The highest BCUT2D eigenvalue weighted by Gasteiger charge is 2.24. The van der Waals surface area contributed by atoms with Crippen LogP contribution in [0.15, 0.2) is 0 Å². The van der Waals surface area contributed by atoms with Crippen molar-refractivity contribution in [1.82, 2.24) is 4.31 Å². The normalized spacial score (nSPS) is 29.4. The first kappa shape index (κ1) is 12.0. The number of hydrogen-bond acceptors (Lipinski definition) is 2. The molecule has 1 aliphatic rings. The van der Waals surface area contributed by atoms with Gasteiger partial charge in [0, 0.05) is 14.1 Å². The molecular weight excluding hydrogens is 198 g/mol. The third-order valence-corrected chi connectivity index (χ3v) is 5.14. The van der Waals surface area contributed by atoms with Crippen molar-refractivity contribution in [2.24, 2.45) is 11.8 Å². The Morgan fingerprint density at radius 3 is 2.07 bits per heavy atom. The summed E-state index contributed by atoms with van der Waals surface area (Å²) in [5, 5.41) is 0. The second-order valence-electron chi connectivity index (χ2n) is 4.69. The van der Waals surface area contributed by atoms with E-state index in [4.69, 9.17) is 0 Å². The molecule has 0 aromatic carbocycles. The molecule has 84 valence electrons. The zero-order valence-corrected chi connectivity index (χ0v) is 10.2. The van der Waals surface area contributed by atoms with Crippen LogP contribution in [0.5, 0.6) is 0 Å². The van der Waals surface area contributed by atoms with E-state index in [2.05, 4.69) is 6.92 Å². The van der Waals surface area contributed by atoms with Crippen LogP contribution in [0.2, 0.25) is 0 Å². The van der Waals surface area contributed by atoms with Crippen molar-refractivity contribution in [3.05, 3.63) is 0 Å². The molecule has 0 spiro atoms. The Morgan fingerprint density at radius 2 is 1.64 bits per heavy atom. The van der Waals surface area contributed by atoms with Crippen LogP contribution in [0.3, 0.4) is 0 Å². The molecular formula is C10H21NO2S. The van der Waals surface area contributed by atoms with Crippen molar-refractivity contribution >= 4 is 10.0 Å². The van der Waals surface area contributed by atoms with Crippen LogP contribution in [0.4, 0.5) is 0 Å². The van der Waals surface area contributed by atoms with Crippen LogP contribution in [-0.4, -0.2) is 32.6 Å². The smallest absolute Gasteiger partial charge is 0.212 e. The van der Waals surface area contributed by atoms with Gasteiger partial charge in [-0.3, -0.25) is 0 Å². The molecule has 0 unspecified atom stereocenters. The second-order valence-corrected chi connectivity index (χ2v) is 6.91. The molecule has 0 saturated heterocycles. The first-order valence-electron chi connectivity index (χ1n) is 5.32. The Bertz CT molecular complexity index is 264. The average molecular weight is 219 g/mol. The average Bonchev–Trinajstić information content (AvgIpc) is 2.08. The van der Waals surface area contributed by atoms with E-state index >= 15 is 0 Å². The van der Waals surface area contributed by atoms with E-state index in [0.717, 1.165) is 18.8 Å². The Balaban J connectivity index is 2.46. The van der Waals surface area contributed by atoms with E-state index in [1.807, 2.05) is 0 Å². The van der Waals surface area contributed by atoms with Gasteiger partial charge < -0.3 is 0 Å². The number of hydrogen-bond donors (Lipinski definition) is 0. The lowest BCUT2D eigenvalue weighted by molar-refractivity contribution is 0.306. The minimum absolute atomic E-state index is 0.340. The maximum atomic E-state index is 11.6. The lowest BCUT2D eigenvalue weighted by Crippen LogP contribution is -2.30. The summed E-state index contributed by atoms with van der Waals surface area (Å²) in [7, 11) is 0.242. The molecule has 1 saturated carbocycles. The molecule has 3 nitrogen and oxygen atoms in total. The maximum Gasteiger partial charge on any atom is 0.213 e. The van der Waals surface area contributed by atoms with Gasteiger partial charge in [0.1, 0.15) is 0 Å². The molecule has 0 bridgehead atoms. The first-order chi connectivity index (χ1) is 6.42. The fourth-order valence-electron chi connectivity index (χ4n) is 1.94. The van der Waals surface area contributed by atoms with Crippen LogP contribution in [0.1, 0.15) is 32.6 Å². The minimum atomic E-state index is -2.98. The van der Waals surface area contributed by atoms with E-state index in [9.17, 15) is 8.42 Å². The number of sulfonamides is 1. The lowest BCUT2D eigenvalue weighted by atomic mass is 9.84. The molecule has 1 rings (SSSR count). The molecule has 0 radical (unpaired) electrons. The van der Waals surface area contributed by atoms with Crippen molar-refractivity contribution in [1.29, 1.82) is 0 Å². The summed E-state index contributed by atoms with van der Waals surface area (Å²) in [5.74, 6) is 1.51. The van der Waals surface area contributed by atoms with Crippen molar-refractivity contribution in [3.63, 3.8) is 0 Å². The summed E-state index contributed by atoms with van der Waals surface area (Å²) < 4.78 is 24.6. The van der Waals surface area contributed by atoms with Crippen molar-refractivity contribution in [2.45, 2.75) is 32.6 Å². The van der Waals surface area contributed by atoms with Gasteiger partial charge in [-0.05, 0) is 24.7 Å². The Hall–Kier alpha value is -0.0900. The van der Waals surface area contributed by atoms with Gasteiger partial charge in [0.25, 0.3) is 0 Å². The Kier molecular flexibility index (Phi) is 3.95. The van der Waals surface area contributed by atoms with E-state index in [1.54, 1.807) is 14.1 Å². The molecule has 0 N–H and O–H groups in total. The quantitative estimate of drug-likeness (QED) is 0.724. The van der Waals surface area contributed by atoms with Crippen molar-refractivity contribution in [3.8, 4) is 0 Å². The minimum Gasteiger partial charge on any atom is -0.212 e. The molecule has 1 aliphatic carbocycles. The van der Waals surface area contributed by atoms with Gasteiger partial charge in [0.15, 0.2) is 0 Å². The summed E-state index contributed by atoms with van der Waals surface area (Å²) in [6.45, 7) is 2.25. The zero-order valence-electron chi connectivity index (χ0n) is 9.36. The molecule has 0 heterocycles. The highest BCUT2D eigenvalue weighted by molar-refractivity contribution is 7.89. The molecule has 4 heteroatoms. The van der Waals surface area contributed by atoms with Gasteiger partial charge in [-0.25, -0.2) is 12.7 Å². The SMILES string of the molecule is CN(C)S(=O)(=O)C[C@H]1CC[C@H](C)CC1. The van der Waals surface area contributed by atoms with Gasteiger partial charge in [-0.1, -0.05) is 19.8 Å². The number of rotatable bonds is 3. The summed E-state index contributed by atoms with van der Waals surface area (Å²) in [6.07, 6.45) is 4.53. The van der Waals surface area contributed by atoms with E-state index in [1.165, 1.54) is 17.1 Å². The first-order valence-corrected chi connectivity index (χ1v) is 6.93. The summed E-state index contributed by atoms with van der Waals surface area (Å²) in [6, 6.07) is 0. The Labute approximate surface area is 87.5 Å². The largest absolute Gasteiger partial charge is 0.213 e. The number of nitrogens with zero attached hydrogens (tertiary/aromatic N) is 1. The highest BCUT2D eigenvalue weighted by Crippen LogP contribution is 2.29. The third kappa shape index (κ3) is 3.24. The van der Waals surface area contributed by atoms with E-state index in [-0.39, 0.29) is 0 Å². The maximum absolute atomic E-state index is 11.6. The lowest BCUT2D eigenvalue weighted by Gasteiger charge is -2.26. The zero-order chi connectivity index (χ0) is 10.8. The van der Waals surface area contributed by atoms with Gasteiger partial charge in [0.2, 0.25) is 10.0 Å². The van der Waals surface area contributed by atoms with Crippen LogP contribution in [0.25, 0.3) is 0 Å². The molecule has 0 amide bonds. The van der Waals surface area contributed by atoms with Gasteiger partial charge in [0.05, 0.1) is 5.75 Å². The predicted octanol–water partition coefficient (Wildman–Crippen LogP) is 1.70. The topological polar surface area (TPSA) is 37.4 Å². The van der Waals surface area contributed by atoms with E-state index < -0.39 is 10.0 Å². The van der Waals surface area contributed by atoms with Crippen LogP contribution in [-0.2, 0) is 10.0 Å². The monoisotopic (exact) mass is 219 g/mol.